The summed E-state index contributed by atoms with van der Waals surface area (Å²) in [6.07, 6.45) is 12.5. The Labute approximate surface area is 289 Å². The third kappa shape index (κ3) is 10.2. The summed E-state index contributed by atoms with van der Waals surface area (Å²) in [5.41, 5.74) is 6.89. The molecule has 2 aliphatic rings. The van der Waals surface area contributed by atoms with Crippen LogP contribution in [0.1, 0.15) is 67.7 Å². The van der Waals surface area contributed by atoms with E-state index in [9.17, 15) is 0 Å². The zero-order valence-electron chi connectivity index (χ0n) is 28.6. The molecule has 6 rings (SSSR count). The SMILES string of the molecule is C1=CCCC1.Cc1cc(C)cc(P(c2cc(C)cc(C)c2)[C@H](C)C2CCCC2P(c2ccccc2)c2ccccc2)c1.[CH3-].[CH3-].[Fe+2]. The molecule has 0 bridgehead atoms. The van der Waals surface area contributed by atoms with Crippen molar-refractivity contribution >= 4 is 37.1 Å². The average molecular weight is 677 g/mol. The second-order valence-corrected chi connectivity index (χ2v) is 17.4. The number of aryl methyl sites for hydroxylation is 4. The van der Waals surface area contributed by atoms with Crippen LogP contribution in [0.4, 0.5) is 0 Å². The van der Waals surface area contributed by atoms with Crippen molar-refractivity contribution in [3.05, 3.63) is 146 Å². The molecule has 0 nitrogen and oxygen atoms in total. The fraction of sp³-hybridized carbons (Fsp3) is 0.333. The molecule has 0 saturated heterocycles. The topological polar surface area (TPSA) is 0 Å². The summed E-state index contributed by atoms with van der Waals surface area (Å²) in [5, 5.41) is 6.18. The van der Waals surface area contributed by atoms with E-state index in [1.54, 1.807) is 10.6 Å². The van der Waals surface area contributed by atoms with Gasteiger partial charge in [-0.2, -0.15) is 0 Å². The molecule has 3 atom stereocenters. The maximum Gasteiger partial charge on any atom is 2.00 e. The quantitative estimate of drug-likeness (QED) is 0.0791. The van der Waals surface area contributed by atoms with Gasteiger partial charge in [0.05, 0.1) is 0 Å². The van der Waals surface area contributed by atoms with Gasteiger partial charge >= 0.3 is 17.1 Å². The van der Waals surface area contributed by atoms with Crippen molar-refractivity contribution in [1.82, 2.24) is 0 Å². The molecule has 240 valence electrons. The Kier molecular flexibility index (Phi) is 16.5. The van der Waals surface area contributed by atoms with Crippen LogP contribution >= 0.6 is 15.8 Å². The number of hydrogen-bond acceptors (Lipinski definition) is 0. The molecular formula is C42H54FeP2. The molecule has 45 heavy (non-hydrogen) atoms. The van der Waals surface area contributed by atoms with Gasteiger partial charge in [0.15, 0.2) is 0 Å². The summed E-state index contributed by atoms with van der Waals surface area (Å²) in [6, 6.07) is 37.4. The van der Waals surface area contributed by atoms with Crippen molar-refractivity contribution in [1.29, 1.82) is 0 Å². The normalized spacial score (nSPS) is 17.5. The van der Waals surface area contributed by atoms with Crippen LogP contribution in [0.3, 0.4) is 0 Å². The molecule has 0 aromatic heterocycles. The first kappa shape index (κ1) is 39.2. The zero-order chi connectivity index (χ0) is 29.5. The maximum atomic E-state index is 2.59. The van der Waals surface area contributed by atoms with Gasteiger partial charge in [0.2, 0.25) is 0 Å². The van der Waals surface area contributed by atoms with E-state index in [4.69, 9.17) is 0 Å². The Bertz CT molecular complexity index is 1330. The Morgan fingerprint density at radius 3 is 1.36 bits per heavy atom. The number of hydrogen-bond donors (Lipinski definition) is 0. The van der Waals surface area contributed by atoms with E-state index >= 15 is 0 Å². The summed E-state index contributed by atoms with van der Waals surface area (Å²) in [7, 11) is -0.868. The predicted octanol–water partition coefficient (Wildman–Crippen LogP) is 10.7. The molecule has 1 fully saturated rings. The third-order valence-electron chi connectivity index (χ3n) is 8.84. The van der Waals surface area contributed by atoms with Crippen molar-refractivity contribution in [3.63, 3.8) is 0 Å². The van der Waals surface area contributed by atoms with Crippen molar-refractivity contribution in [2.45, 2.75) is 84.5 Å². The standard InChI is InChI=1S/C35H40P2.C5H8.2CH3.Fe/c1-25-19-26(2)22-32(21-25)36(33-23-27(3)20-28(4)24-33)29(5)34-17-12-18-35(34)37(30-13-8-6-9-14-30)31-15-10-7-11-16-31;1-2-4-5-3-1;;;/h6-11,13-16,19-24,29,34-35H,12,17-18H2,1-5H3;1-2H,3-5H2;2*1H3;/q;;2*-1;+2/t29-,34?,35?;;;;/m1..../s1. The van der Waals surface area contributed by atoms with E-state index in [0.29, 0.717) is 5.66 Å². The maximum absolute atomic E-state index is 2.59. The molecule has 0 spiro atoms. The summed E-state index contributed by atoms with van der Waals surface area (Å²) < 4.78 is 0. The molecule has 1 saturated carbocycles. The molecule has 4 aromatic rings. The van der Waals surface area contributed by atoms with Gasteiger partial charge in [0.1, 0.15) is 0 Å². The molecule has 0 amide bonds. The van der Waals surface area contributed by atoms with Gasteiger partial charge in [0.25, 0.3) is 0 Å². The van der Waals surface area contributed by atoms with Crippen molar-refractivity contribution in [2.75, 3.05) is 0 Å². The van der Waals surface area contributed by atoms with Crippen LogP contribution in [-0.4, -0.2) is 11.3 Å². The average Bonchev–Trinajstić information content (AvgIpc) is 3.70. The third-order valence-corrected chi connectivity index (χ3v) is 14.7. The molecule has 0 radical (unpaired) electrons. The van der Waals surface area contributed by atoms with Gasteiger partial charge in [-0.3, -0.25) is 0 Å². The molecule has 0 heterocycles. The van der Waals surface area contributed by atoms with Crippen LogP contribution < -0.4 is 21.2 Å². The minimum absolute atomic E-state index is 0. The van der Waals surface area contributed by atoms with Crippen LogP contribution in [0.2, 0.25) is 0 Å². The second kappa shape index (κ2) is 19.0. The molecule has 2 aliphatic carbocycles. The Morgan fingerprint density at radius 2 is 0.978 bits per heavy atom. The fourth-order valence-corrected chi connectivity index (χ4v) is 13.9. The smallest absolute Gasteiger partial charge is 0.358 e. The van der Waals surface area contributed by atoms with Crippen LogP contribution in [0.25, 0.3) is 0 Å². The van der Waals surface area contributed by atoms with Crippen LogP contribution in [0.15, 0.2) is 109 Å². The number of rotatable bonds is 7. The van der Waals surface area contributed by atoms with E-state index < -0.39 is 15.8 Å². The molecular weight excluding hydrogens is 622 g/mol. The molecule has 0 N–H and O–H groups in total. The van der Waals surface area contributed by atoms with Crippen LogP contribution in [0, 0.1) is 48.5 Å². The van der Waals surface area contributed by atoms with Crippen molar-refractivity contribution in [3.8, 4) is 0 Å². The second-order valence-electron chi connectivity index (χ2n) is 12.4. The van der Waals surface area contributed by atoms with Gasteiger partial charge in [-0.1, -0.05) is 145 Å². The summed E-state index contributed by atoms with van der Waals surface area (Å²) in [5.74, 6) is 0.722. The van der Waals surface area contributed by atoms with E-state index in [1.165, 1.54) is 71.4 Å². The summed E-state index contributed by atoms with van der Waals surface area (Å²) >= 11 is 0. The van der Waals surface area contributed by atoms with Gasteiger partial charge in [0, 0.05) is 0 Å². The molecule has 2 unspecified atom stereocenters. The summed E-state index contributed by atoms with van der Waals surface area (Å²) in [4.78, 5) is 0. The Balaban J connectivity index is 0.000000805. The Morgan fingerprint density at radius 1 is 0.556 bits per heavy atom. The summed E-state index contributed by atoms with van der Waals surface area (Å²) in [6.45, 7) is 11.6. The predicted molar refractivity (Wildman–Crippen MR) is 204 cm³/mol. The first-order valence-corrected chi connectivity index (χ1v) is 18.7. The number of benzene rings is 4. The minimum Gasteiger partial charge on any atom is -0.358 e. The zero-order valence-corrected chi connectivity index (χ0v) is 31.5. The van der Waals surface area contributed by atoms with E-state index in [0.717, 1.165) is 11.6 Å². The van der Waals surface area contributed by atoms with Crippen LogP contribution in [-0.2, 0) is 17.1 Å². The Hall–Kier alpha value is -2.00. The van der Waals surface area contributed by atoms with Gasteiger partial charge < -0.3 is 14.9 Å². The first-order valence-electron chi connectivity index (χ1n) is 15.9. The van der Waals surface area contributed by atoms with Crippen LogP contribution in [0.5, 0.6) is 0 Å². The van der Waals surface area contributed by atoms with Gasteiger partial charge in [-0.15, -0.1) is 0 Å². The number of allylic oxidation sites excluding steroid dienone is 2. The van der Waals surface area contributed by atoms with Crippen molar-refractivity contribution < 1.29 is 17.1 Å². The van der Waals surface area contributed by atoms with Gasteiger partial charge in [-0.05, 0) is 114 Å². The first-order chi connectivity index (χ1) is 20.4. The monoisotopic (exact) mass is 676 g/mol. The van der Waals surface area contributed by atoms with Crippen molar-refractivity contribution in [2.24, 2.45) is 5.92 Å². The molecule has 4 aromatic carbocycles. The van der Waals surface area contributed by atoms with E-state index in [1.807, 2.05) is 0 Å². The fourth-order valence-electron chi connectivity index (χ4n) is 7.14. The van der Waals surface area contributed by atoms with E-state index in [-0.39, 0.29) is 31.9 Å². The molecule has 3 heteroatoms. The van der Waals surface area contributed by atoms with Gasteiger partial charge in [-0.25, -0.2) is 0 Å². The largest absolute Gasteiger partial charge is 2.00 e. The van der Waals surface area contributed by atoms with E-state index in [2.05, 4.69) is 144 Å². The molecule has 0 aliphatic heterocycles. The minimum atomic E-state index is -0.467.